The summed E-state index contributed by atoms with van der Waals surface area (Å²) in [6, 6.07) is 5.98. The minimum absolute atomic E-state index is 0.101. The van der Waals surface area contributed by atoms with E-state index in [1.54, 1.807) is 6.26 Å². The van der Waals surface area contributed by atoms with Gasteiger partial charge in [-0.15, -0.1) is 11.3 Å². The van der Waals surface area contributed by atoms with Crippen molar-refractivity contribution >= 4 is 23.1 Å². The molecule has 84 valence electrons. The molecule has 2 aromatic rings. The summed E-state index contributed by atoms with van der Waals surface area (Å²) in [7, 11) is 0. The molecule has 1 aliphatic heterocycles. The van der Waals surface area contributed by atoms with Crippen LogP contribution < -0.4 is 5.73 Å². The lowest BCUT2D eigenvalue weighted by atomic mass is 10.1. The molecule has 0 spiro atoms. The van der Waals surface area contributed by atoms with E-state index in [-0.39, 0.29) is 6.04 Å². The first-order valence-corrected chi connectivity index (χ1v) is 7.30. The lowest BCUT2D eigenvalue weighted by molar-refractivity contribution is 0.492. The van der Waals surface area contributed by atoms with E-state index in [1.807, 2.05) is 35.2 Å². The highest BCUT2D eigenvalue weighted by Crippen LogP contribution is 2.35. The minimum atomic E-state index is -0.101. The van der Waals surface area contributed by atoms with Gasteiger partial charge in [0.15, 0.2) is 0 Å². The number of hydrogen-bond donors (Lipinski definition) is 1. The van der Waals surface area contributed by atoms with Gasteiger partial charge >= 0.3 is 0 Å². The van der Waals surface area contributed by atoms with Crippen LogP contribution >= 0.6 is 23.1 Å². The molecular formula is C12H13NOS2. The van der Waals surface area contributed by atoms with Crippen molar-refractivity contribution < 1.29 is 4.42 Å². The number of nitrogens with two attached hydrogens (primary N) is 1. The lowest BCUT2D eigenvalue weighted by Gasteiger charge is -2.08. The Morgan fingerprint density at radius 2 is 2.38 bits per heavy atom. The maximum absolute atomic E-state index is 6.18. The van der Waals surface area contributed by atoms with Gasteiger partial charge in [0.25, 0.3) is 0 Å². The third kappa shape index (κ3) is 1.81. The number of fused-ring (bicyclic) bond motifs is 1. The lowest BCUT2D eigenvalue weighted by Crippen LogP contribution is -2.08. The monoisotopic (exact) mass is 251 g/mol. The average Bonchev–Trinajstić information content (AvgIpc) is 2.97. The summed E-state index contributed by atoms with van der Waals surface area (Å²) in [5.41, 5.74) is 7.65. The fourth-order valence-electron chi connectivity index (χ4n) is 1.93. The maximum Gasteiger partial charge on any atom is 0.125 e. The van der Waals surface area contributed by atoms with Gasteiger partial charge in [0.2, 0.25) is 0 Å². The number of thiophene rings is 1. The Hall–Kier alpha value is -0.710. The molecule has 3 heterocycles. The molecule has 1 aliphatic rings. The summed E-state index contributed by atoms with van der Waals surface area (Å²) in [5, 5.41) is 0. The molecule has 0 bridgehead atoms. The predicted molar refractivity (Wildman–Crippen MR) is 68.9 cm³/mol. The molecule has 3 rings (SSSR count). The number of furan rings is 1. The van der Waals surface area contributed by atoms with Crippen molar-refractivity contribution in [3.63, 3.8) is 0 Å². The Morgan fingerprint density at radius 1 is 1.44 bits per heavy atom. The van der Waals surface area contributed by atoms with Crippen molar-refractivity contribution in [3.05, 3.63) is 45.5 Å². The van der Waals surface area contributed by atoms with E-state index in [0.717, 1.165) is 11.5 Å². The van der Waals surface area contributed by atoms with E-state index in [4.69, 9.17) is 10.2 Å². The first kappa shape index (κ1) is 10.4. The second-order valence-electron chi connectivity index (χ2n) is 3.89. The SMILES string of the molecule is NC(c1ccco1)c1cc2c(s1)CCSC2. The zero-order valence-corrected chi connectivity index (χ0v) is 10.4. The minimum Gasteiger partial charge on any atom is -0.467 e. The van der Waals surface area contributed by atoms with E-state index in [0.29, 0.717) is 0 Å². The standard InChI is InChI=1S/C12H13NOS2/c13-12(9-2-1-4-14-9)11-6-8-7-15-5-3-10(8)16-11/h1-2,4,6,12H,3,5,7,13H2. The number of rotatable bonds is 2. The normalized spacial score (nSPS) is 17.1. The molecule has 1 unspecified atom stereocenters. The number of aryl methyl sites for hydroxylation is 1. The second kappa shape index (κ2) is 4.28. The predicted octanol–water partition coefficient (Wildman–Crippen LogP) is 3.18. The number of hydrogen-bond acceptors (Lipinski definition) is 4. The molecule has 0 radical (unpaired) electrons. The van der Waals surface area contributed by atoms with Crippen molar-refractivity contribution in [2.24, 2.45) is 5.73 Å². The quantitative estimate of drug-likeness (QED) is 0.891. The van der Waals surface area contributed by atoms with Gasteiger partial charge in [-0.3, -0.25) is 0 Å². The van der Waals surface area contributed by atoms with E-state index < -0.39 is 0 Å². The molecule has 16 heavy (non-hydrogen) atoms. The van der Waals surface area contributed by atoms with Crippen molar-refractivity contribution in [1.82, 2.24) is 0 Å². The van der Waals surface area contributed by atoms with Crippen molar-refractivity contribution in [3.8, 4) is 0 Å². The molecule has 0 aliphatic carbocycles. The fourth-order valence-corrected chi connectivity index (χ4v) is 4.32. The molecular weight excluding hydrogens is 238 g/mol. The topological polar surface area (TPSA) is 39.2 Å². The van der Waals surface area contributed by atoms with Crippen LogP contribution in [0.4, 0.5) is 0 Å². The zero-order valence-electron chi connectivity index (χ0n) is 8.81. The van der Waals surface area contributed by atoms with Gasteiger partial charge in [-0.2, -0.15) is 11.8 Å². The Kier molecular flexibility index (Phi) is 2.79. The Morgan fingerprint density at radius 3 is 3.12 bits per heavy atom. The Balaban J connectivity index is 1.92. The molecule has 0 saturated carbocycles. The molecule has 0 fully saturated rings. The van der Waals surface area contributed by atoms with E-state index in [9.17, 15) is 0 Å². The smallest absolute Gasteiger partial charge is 0.125 e. The highest BCUT2D eigenvalue weighted by molar-refractivity contribution is 7.98. The third-order valence-corrected chi connectivity index (χ3v) is 5.13. The average molecular weight is 251 g/mol. The summed E-state index contributed by atoms with van der Waals surface area (Å²) >= 11 is 3.85. The summed E-state index contributed by atoms with van der Waals surface area (Å²) in [5.74, 6) is 3.23. The molecule has 1 atom stereocenters. The summed E-state index contributed by atoms with van der Waals surface area (Å²) < 4.78 is 5.36. The van der Waals surface area contributed by atoms with Crippen molar-refractivity contribution in [2.75, 3.05) is 5.75 Å². The van der Waals surface area contributed by atoms with Crippen LogP contribution in [0, 0.1) is 0 Å². The van der Waals surface area contributed by atoms with Gasteiger partial charge < -0.3 is 10.2 Å². The third-order valence-electron chi connectivity index (χ3n) is 2.80. The van der Waals surface area contributed by atoms with Crippen molar-refractivity contribution in [2.45, 2.75) is 18.2 Å². The van der Waals surface area contributed by atoms with Crippen LogP contribution in [0.1, 0.15) is 27.1 Å². The first-order valence-electron chi connectivity index (χ1n) is 5.33. The van der Waals surface area contributed by atoms with Gasteiger partial charge in [0.05, 0.1) is 12.3 Å². The summed E-state index contributed by atoms with van der Waals surface area (Å²) in [6.07, 6.45) is 2.87. The second-order valence-corrected chi connectivity index (χ2v) is 6.17. The molecule has 2 nitrogen and oxygen atoms in total. The molecule has 2 aromatic heterocycles. The van der Waals surface area contributed by atoms with E-state index >= 15 is 0 Å². The maximum atomic E-state index is 6.18. The Labute approximate surface area is 103 Å². The Bertz CT molecular complexity index is 452. The molecule has 0 amide bonds. The summed E-state index contributed by atoms with van der Waals surface area (Å²) in [4.78, 5) is 2.73. The van der Waals surface area contributed by atoms with Crippen LogP contribution in [-0.4, -0.2) is 5.75 Å². The van der Waals surface area contributed by atoms with Crippen molar-refractivity contribution in [1.29, 1.82) is 0 Å². The highest BCUT2D eigenvalue weighted by Gasteiger charge is 2.19. The van der Waals surface area contributed by atoms with E-state index in [2.05, 4.69) is 6.07 Å². The largest absolute Gasteiger partial charge is 0.467 e. The van der Waals surface area contributed by atoms with Crippen LogP contribution in [0.15, 0.2) is 28.9 Å². The van der Waals surface area contributed by atoms with Gasteiger partial charge in [-0.25, -0.2) is 0 Å². The van der Waals surface area contributed by atoms with Crippen LogP contribution in [-0.2, 0) is 12.2 Å². The van der Waals surface area contributed by atoms with Gasteiger partial charge in [0, 0.05) is 15.5 Å². The fraction of sp³-hybridized carbons (Fsp3) is 0.333. The zero-order chi connectivity index (χ0) is 11.0. The molecule has 2 N–H and O–H groups in total. The molecule has 0 aromatic carbocycles. The number of thioether (sulfide) groups is 1. The van der Waals surface area contributed by atoms with Crippen LogP contribution in [0.25, 0.3) is 0 Å². The summed E-state index contributed by atoms with van der Waals surface area (Å²) in [6.45, 7) is 0. The van der Waals surface area contributed by atoms with Gasteiger partial charge in [0.1, 0.15) is 5.76 Å². The van der Waals surface area contributed by atoms with Gasteiger partial charge in [-0.1, -0.05) is 0 Å². The van der Waals surface area contributed by atoms with Crippen LogP contribution in [0.5, 0.6) is 0 Å². The van der Waals surface area contributed by atoms with Crippen LogP contribution in [0.3, 0.4) is 0 Å². The van der Waals surface area contributed by atoms with Gasteiger partial charge in [-0.05, 0) is 35.9 Å². The molecule has 0 saturated heterocycles. The molecule has 4 heteroatoms. The van der Waals surface area contributed by atoms with Crippen LogP contribution in [0.2, 0.25) is 0 Å². The van der Waals surface area contributed by atoms with E-state index in [1.165, 1.54) is 27.5 Å². The highest BCUT2D eigenvalue weighted by atomic mass is 32.2. The first-order chi connectivity index (χ1) is 7.84.